The molecule has 0 aliphatic rings. The number of para-hydroxylation sites is 1. The van der Waals surface area contributed by atoms with Gasteiger partial charge in [0.15, 0.2) is 0 Å². The summed E-state index contributed by atoms with van der Waals surface area (Å²) in [7, 11) is 0. The molecule has 0 spiro atoms. The lowest BCUT2D eigenvalue weighted by molar-refractivity contribution is 0.102. The van der Waals surface area contributed by atoms with Crippen molar-refractivity contribution in [1.82, 2.24) is 15.2 Å². The Morgan fingerprint density at radius 2 is 1.58 bits per heavy atom. The zero-order valence-corrected chi connectivity index (χ0v) is 16.7. The van der Waals surface area contributed by atoms with Gasteiger partial charge in [0.2, 0.25) is 5.89 Å². The predicted octanol–water partition coefficient (Wildman–Crippen LogP) is 5.51. The van der Waals surface area contributed by atoms with Gasteiger partial charge < -0.3 is 4.42 Å². The molecular weight excluding hydrogens is 388 g/mol. The quantitative estimate of drug-likeness (QED) is 0.425. The number of pyridine rings is 1. The van der Waals surface area contributed by atoms with Gasteiger partial charge in [0.05, 0.1) is 16.8 Å². The molecule has 31 heavy (non-hydrogen) atoms. The molecule has 5 aromatic rings. The van der Waals surface area contributed by atoms with Gasteiger partial charge in [-0.3, -0.25) is 10.1 Å². The Labute approximate surface area is 178 Å². The first kappa shape index (κ1) is 18.7. The van der Waals surface area contributed by atoms with Crippen molar-refractivity contribution < 1.29 is 9.21 Å². The minimum Gasteiger partial charge on any atom is -0.403 e. The van der Waals surface area contributed by atoms with Crippen molar-refractivity contribution >= 4 is 22.8 Å². The minimum absolute atomic E-state index is 0.0432. The van der Waals surface area contributed by atoms with Crippen LogP contribution in [-0.4, -0.2) is 21.1 Å². The topological polar surface area (TPSA) is 80.9 Å². The van der Waals surface area contributed by atoms with Crippen LogP contribution in [0.5, 0.6) is 0 Å². The van der Waals surface area contributed by atoms with Crippen molar-refractivity contribution in [2.45, 2.75) is 6.92 Å². The van der Waals surface area contributed by atoms with Crippen LogP contribution in [0.3, 0.4) is 0 Å². The van der Waals surface area contributed by atoms with Gasteiger partial charge in [-0.1, -0.05) is 71.3 Å². The molecule has 150 valence electrons. The third-order valence-electron chi connectivity index (χ3n) is 4.97. The number of fused-ring (bicyclic) bond motifs is 1. The maximum atomic E-state index is 13.1. The Morgan fingerprint density at radius 3 is 2.39 bits per heavy atom. The predicted molar refractivity (Wildman–Crippen MR) is 120 cm³/mol. The third kappa shape index (κ3) is 3.79. The zero-order valence-electron chi connectivity index (χ0n) is 16.7. The molecule has 0 aliphatic carbocycles. The van der Waals surface area contributed by atoms with Crippen LogP contribution in [0.1, 0.15) is 15.9 Å². The van der Waals surface area contributed by atoms with Crippen molar-refractivity contribution in [2.75, 3.05) is 5.32 Å². The van der Waals surface area contributed by atoms with Gasteiger partial charge in [0.25, 0.3) is 5.91 Å². The molecule has 0 fully saturated rings. The average Bonchev–Trinajstić information content (AvgIpc) is 3.28. The van der Waals surface area contributed by atoms with Crippen molar-refractivity contribution in [1.29, 1.82) is 0 Å². The molecule has 5 rings (SSSR count). The number of aryl methyl sites for hydroxylation is 1. The second kappa shape index (κ2) is 7.84. The highest BCUT2D eigenvalue weighted by Crippen LogP contribution is 2.26. The number of nitrogens with one attached hydrogen (secondary N) is 1. The Balaban J connectivity index is 1.51. The molecule has 0 aliphatic heterocycles. The van der Waals surface area contributed by atoms with Gasteiger partial charge in [-0.15, -0.1) is 5.10 Å². The lowest BCUT2D eigenvalue weighted by Crippen LogP contribution is -2.13. The number of hydrogen-bond donors (Lipinski definition) is 1. The number of amides is 1. The molecule has 0 unspecified atom stereocenters. The molecule has 6 heteroatoms. The smallest absolute Gasteiger partial charge is 0.322 e. The summed E-state index contributed by atoms with van der Waals surface area (Å²) in [6, 6.07) is 26.8. The molecule has 0 saturated carbocycles. The van der Waals surface area contributed by atoms with Crippen LogP contribution in [-0.2, 0) is 0 Å². The summed E-state index contributed by atoms with van der Waals surface area (Å²) < 4.78 is 5.63. The molecule has 1 amide bonds. The molecule has 0 atom stereocenters. The highest BCUT2D eigenvalue weighted by molar-refractivity contribution is 6.12. The molecule has 2 aromatic heterocycles. The van der Waals surface area contributed by atoms with Crippen LogP contribution in [0.25, 0.3) is 33.6 Å². The first-order valence-corrected chi connectivity index (χ1v) is 9.84. The minimum atomic E-state index is -0.338. The first-order chi connectivity index (χ1) is 15.2. The van der Waals surface area contributed by atoms with Crippen LogP contribution in [0.4, 0.5) is 6.01 Å². The van der Waals surface area contributed by atoms with Gasteiger partial charge in [-0.2, -0.15) is 0 Å². The summed E-state index contributed by atoms with van der Waals surface area (Å²) >= 11 is 0. The molecule has 6 nitrogen and oxygen atoms in total. The Bertz CT molecular complexity index is 1380. The molecule has 0 radical (unpaired) electrons. The zero-order chi connectivity index (χ0) is 21.2. The van der Waals surface area contributed by atoms with Crippen molar-refractivity contribution in [3.8, 4) is 22.7 Å². The van der Waals surface area contributed by atoms with E-state index < -0.39 is 0 Å². The number of carbonyl (C=O) groups is 1. The van der Waals surface area contributed by atoms with E-state index in [-0.39, 0.29) is 11.9 Å². The fourth-order valence-corrected chi connectivity index (χ4v) is 3.37. The maximum absolute atomic E-state index is 13.1. The van der Waals surface area contributed by atoms with E-state index in [1.165, 1.54) is 0 Å². The Morgan fingerprint density at radius 1 is 0.839 bits per heavy atom. The van der Waals surface area contributed by atoms with Gasteiger partial charge >= 0.3 is 6.01 Å². The second-order valence-electron chi connectivity index (χ2n) is 7.17. The number of aromatic nitrogens is 3. The number of nitrogens with zero attached hydrogens (tertiary/aromatic N) is 3. The van der Waals surface area contributed by atoms with E-state index in [1.54, 1.807) is 6.07 Å². The van der Waals surface area contributed by atoms with E-state index in [2.05, 4.69) is 15.5 Å². The van der Waals surface area contributed by atoms with E-state index in [4.69, 9.17) is 9.40 Å². The van der Waals surface area contributed by atoms with E-state index in [0.717, 1.165) is 33.3 Å². The normalized spacial score (nSPS) is 10.9. The van der Waals surface area contributed by atoms with Crippen LogP contribution < -0.4 is 5.32 Å². The van der Waals surface area contributed by atoms with Crippen LogP contribution in [0.15, 0.2) is 89.3 Å². The Kier molecular flexibility index (Phi) is 4.72. The fourth-order valence-electron chi connectivity index (χ4n) is 3.37. The van der Waals surface area contributed by atoms with E-state index in [1.807, 2.05) is 85.8 Å². The monoisotopic (exact) mass is 406 g/mol. The first-order valence-electron chi connectivity index (χ1n) is 9.84. The summed E-state index contributed by atoms with van der Waals surface area (Å²) in [5, 5.41) is 11.5. The standard InChI is InChI=1S/C25H18N4O2/c1-16-11-13-17(14-12-16)22-15-20(19-9-5-6-10-21(19)26-22)23(30)27-25-29-28-24(31-25)18-7-3-2-4-8-18/h2-15H,1H3,(H,27,29,30). The van der Waals surface area contributed by atoms with Crippen LogP contribution in [0, 0.1) is 6.92 Å². The molecule has 0 bridgehead atoms. The van der Waals surface area contributed by atoms with Crippen molar-refractivity contribution in [2.24, 2.45) is 0 Å². The average molecular weight is 406 g/mol. The summed E-state index contributed by atoms with van der Waals surface area (Å²) in [6.07, 6.45) is 0. The molecular formula is C25H18N4O2. The van der Waals surface area contributed by atoms with Gasteiger partial charge in [-0.25, -0.2) is 4.98 Å². The maximum Gasteiger partial charge on any atom is 0.322 e. The fraction of sp³-hybridized carbons (Fsp3) is 0.0400. The van der Waals surface area contributed by atoms with E-state index in [0.29, 0.717) is 11.5 Å². The summed E-state index contributed by atoms with van der Waals surface area (Å²) in [4.78, 5) is 17.9. The molecule has 1 N–H and O–H groups in total. The lowest BCUT2D eigenvalue weighted by Gasteiger charge is -2.09. The van der Waals surface area contributed by atoms with Crippen molar-refractivity contribution in [3.05, 3.63) is 96.1 Å². The summed E-state index contributed by atoms with van der Waals surface area (Å²) in [6.45, 7) is 2.03. The number of anilines is 1. The number of benzene rings is 3. The Hall–Kier alpha value is -4.32. The third-order valence-corrected chi connectivity index (χ3v) is 4.97. The number of rotatable bonds is 4. The van der Waals surface area contributed by atoms with Crippen LogP contribution in [0.2, 0.25) is 0 Å². The highest BCUT2D eigenvalue weighted by atomic mass is 16.4. The van der Waals surface area contributed by atoms with E-state index in [9.17, 15) is 4.79 Å². The number of hydrogen-bond acceptors (Lipinski definition) is 5. The number of carbonyl (C=O) groups excluding carboxylic acids is 1. The van der Waals surface area contributed by atoms with Gasteiger partial charge in [0.1, 0.15) is 0 Å². The van der Waals surface area contributed by atoms with Crippen molar-refractivity contribution in [3.63, 3.8) is 0 Å². The summed E-state index contributed by atoms with van der Waals surface area (Å²) in [5.41, 5.74) is 4.83. The summed E-state index contributed by atoms with van der Waals surface area (Å²) in [5.74, 6) is 0.00561. The van der Waals surface area contributed by atoms with Crippen LogP contribution >= 0.6 is 0 Å². The molecule has 0 saturated heterocycles. The lowest BCUT2D eigenvalue weighted by atomic mass is 10.0. The molecule has 2 heterocycles. The largest absolute Gasteiger partial charge is 0.403 e. The highest BCUT2D eigenvalue weighted by Gasteiger charge is 2.17. The second-order valence-corrected chi connectivity index (χ2v) is 7.17. The van der Waals surface area contributed by atoms with Gasteiger partial charge in [0, 0.05) is 16.5 Å². The molecule has 3 aromatic carbocycles. The van der Waals surface area contributed by atoms with E-state index >= 15 is 0 Å². The van der Waals surface area contributed by atoms with Gasteiger partial charge in [-0.05, 0) is 31.2 Å². The SMILES string of the molecule is Cc1ccc(-c2cc(C(=O)Nc3nnc(-c4ccccc4)o3)c3ccccc3n2)cc1.